The molecule has 31 heavy (non-hydrogen) atoms. The van der Waals surface area contributed by atoms with Crippen molar-refractivity contribution in [1.29, 1.82) is 0 Å². The second-order valence-corrected chi connectivity index (χ2v) is 8.35. The van der Waals surface area contributed by atoms with E-state index < -0.39 is 0 Å². The van der Waals surface area contributed by atoms with Gasteiger partial charge in [-0.1, -0.05) is 0 Å². The summed E-state index contributed by atoms with van der Waals surface area (Å²) in [6, 6.07) is 11.5. The number of ether oxygens (including phenoxy) is 1. The van der Waals surface area contributed by atoms with Crippen molar-refractivity contribution in [3.05, 3.63) is 48.2 Å². The minimum absolute atomic E-state index is 0.390. The van der Waals surface area contributed by atoms with E-state index in [9.17, 15) is 0 Å². The topological polar surface area (TPSA) is 122 Å². The first-order valence-corrected chi connectivity index (χ1v) is 11.3. The Morgan fingerprint density at radius 2 is 2.00 bits per heavy atom. The van der Waals surface area contributed by atoms with E-state index in [1.807, 2.05) is 43.3 Å². The molecule has 2 aromatic rings. The molecule has 3 rings (SSSR count). The summed E-state index contributed by atoms with van der Waals surface area (Å²) in [7, 11) is 0. The second kappa shape index (κ2) is 11.6. The fourth-order valence-electron chi connectivity index (χ4n) is 3.09. The van der Waals surface area contributed by atoms with Gasteiger partial charge in [0.1, 0.15) is 11.6 Å². The van der Waals surface area contributed by atoms with Crippen LogP contribution in [0.25, 0.3) is 0 Å². The first-order chi connectivity index (χ1) is 15.0. The van der Waals surface area contributed by atoms with Crippen LogP contribution in [0, 0.1) is 0 Å². The highest BCUT2D eigenvalue weighted by Gasteiger charge is 2.21. The van der Waals surface area contributed by atoms with Gasteiger partial charge in [-0.05, 0) is 56.5 Å². The van der Waals surface area contributed by atoms with Crippen molar-refractivity contribution in [2.24, 2.45) is 16.7 Å². The molecular formula is C21H32N8OS. The van der Waals surface area contributed by atoms with Crippen LogP contribution in [0.1, 0.15) is 31.7 Å². The summed E-state index contributed by atoms with van der Waals surface area (Å²) < 4.78 is 10.5. The molecule has 0 bridgehead atoms. The van der Waals surface area contributed by atoms with Crippen LogP contribution >= 0.6 is 12.1 Å². The molecule has 0 unspecified atom stereocenters. The van der Waals surface area contributed by atoms with Crippen molar-refractivity contribution < 1.29 is 4.74 Å². The summed E-state index contributed by atoms with van der Waals surface area (Å²) in [6.45, 7) is 6.30. The third-order valence-electron chi connectivity index (χ3n) is 4.85. The number of unbranched alkanes of at least 4 members (excludes halogenated alkanes) is 2. The highest BCUT2D eigenvalue weighted by atomic mass is 32.2. The van der Waals surface area contributed by atoms with Gasteiger partial charge in [-0.15, -0.1) is 5.10 Å². The van der Waals surface area contributed by atoms with E-state index in [0.717, 1.165) is 55.9 Å². The lowest BCUT2D eigenvalue weighted by atomic mass is 10.2. The number of hydrazone groups is 1. The normalized spacial score (nSPS) is 14.8. The fraction of sp³-hybridized carbons (Fsp3) is 0.429. The molecule has 0 atom stereocenters. The number of aromatic nitrogens is 1. The molecule has 9 nitrogen and oxygen atoms in total. The number of nitrogen functional groups attached to an aromatic ring is 1. The van der Waals surface area contributed by atoms with Crippen molar-refractivity contribution in [2.75, 3.05) is 42.8 Å². The minimum Gasteiger partial charge on any atom is -0.494 e. The van der Waals surface area contributed by atoms with E-state index in [-0.39, 0.29) is 0 Å². The van der Waals surface area contributed by atoms with Gasteiger partial charge in [-0.25, -0.2) is 20.2 Å². The zero-order chi connectivity index (χ0) is 22.1. The van der Waals surface area contributed by atoms with Crippen molar-refractivity contribution >= 4 is 29.5 Å². The summed E-state index contributed by atoms with van der Waals surface area (Å²) >= 11 is 1.76. The van der Waals surface area contributed by atoms with E-state index in [1.165, 1.54) is 5.12 Å². The van der Waals surface area contributed by atoms with E-state index in [4.69, 9.17) is 22.0 Å². The summed E-state index contributed by atoms with van der Waals surface area (Å²) in [5.41, 5.74) is 13.7. The van der Waals surface area contributed by atoms with Crippen molar-refractivity contribution in [3.63, 3.8) is 0 Å². The van der Waals surface area contributed by atoms with Gasteiger partial charge >= 0.3 is 0 Å². The van der Waals surface area contributed by atoms with Gasteiger partial charge < -0.3 is 20.5 Å². The lowest BCUT2D eigenvalue weighted by molar-refractivity contribution is 0.303. The molecule has 1 fully saturated rings. The predicted molar refractivity (Wildman–Crippen MR) is 128 cm³/mol. The molecule has 0 radical (unpaired) electrons. The molecule has 1 aromatic carbocycles. The molecule has 0 aliphatic carbocycles. The van der Waals surface area contributed by atoms with Gasteiger partial charge in [0.2, 0.25) is 0 Å². The quantitative estimate of drug-likeness (QED) is 0.120. The predicted octanol–water partition coefficient (Wildman–Crippen LogP) is 2.41. The van der Waals surface area contributed by atoms with E-state index in [0.29, 0.717) is 24.8 Å². The van der Waals surface area contributed by atoms with Gasteiger partial charge in [0.15, 0.2) is 5.84 Å². The monoisotopic (exact) mass is 444 g/mol. The Balaban J connectivity index is 1.30. The summed E-state index contributed by atoms with van der Waals surface area (Å²) in [4.78, 5) is 4.05. The molecule has 1 aliphatic rings. The van der Waals surface area contributed by atoms with Crippen LogP contribution in [-0.2, 0) is 0 Å². The van der Waals surface area contributed by atoms with Crippen LogP contribution in [0.2, 0.25) is 0 Å². The lowest BCUT2D eigenvalue weighted by Crippen LogP contribution is -2.29. The molecule has 1 aromatic heterocycles. The first kappa shape index (κ1) is 23.0. The molecule has 0 amide bonds. The van der Waals surface area contributed by atoms with Gasteiger partial charge in [0.25, 0.3) is 0 Å². The smallest absolute Gasteiger partial charge is 0.152 e. The Labute approximate surface area is 188 Å². The van der Waals surface area contributed by atoms with Crippen molar-refractivity contribution in [2.45, 2.75) is 26.2 Å². The molecule has 0 spiro atoms. The molecule has 2 heterocycles. The minimum atomic E-state index is 0.390. The largest absolute Gasteiger partial charge is 0.494 e. The Kier molecular flexibility index (Phi) is 8.63. The van der Waals surface area contributed by atoms with Crippen molar-refractivity contribution in [1.82, 2.24) is 14.4 Å². The molecule has 0 saturated carbocycles. The number of rotatable bonds is 11. The lowest BCUT2D eigenvalue weighted by Gasteiger charge is -2.18. The number of nitrogens with two attached hydrogens (primary N) is 3. The van der Waals surface area contributed by atoms with Gasteiger partial charge in [0.05, 0.1) is 18.8 Å². The average molecular weight is 445 g/mol. The number of anilines is 2. The number of hydrogen-bond acceptors (Lipinski definition) is 9. The van der Waals surface area contributed by atoms with Gasteiger partial charge in [-0.3, -0.25) is 0 Å². The van der Waals surface area contributed by atoms with Gasteiger partial charge in [-0.2, -0.15) is 0 Å². The van der Waals surface area contributed by atoms with E-state index in [2.05, 4.69) is 18.7 Å². The molecular weight excluding hydrogens is 412 g/mol. The number of benzene rings is 1. The summed E-state index contributed by atoms with van der Waals surface area (Å²) in [5.74, 6) is 7.43. The van der Waals surface area contributed by atoms with Crippen LogP contribution in [-0.4, -0.2) is 53.0 Å². The highest BCUT2D eigenvalue weighted by Crippen LogP contribution is 2.30. The first-order valence-electron chi connectivity index (χ1n) is 10.6. The SMILES string of the molecule is CCN(N)/N=C(\N)c1ccc(OCCCCCN2CCN(c3ccnc(N)c3)S2)cc1. The maximum atomic E-state index is 5.95. The molecule has 6 N–H and O–H groups in total. The fourth-order valence-corrected chi connectivity index (χ4v) is 4.11. The standard InChI is InChI=1S/C21H32N8OS/c1-2-29(24)26-21(23)17-6-8-19(9-7-17)30-15-5-3-4-12-27-13-14-28(31-27)18-10-11-25-20(22)16-18/h6-11,16H,2-5,12-15,24H2,1H3,(H2,22,25)(H2,23,26). The van der Waals surface area contributed by atoms with Crippen LogP contribution < -0.4 is 26.4 Å². The third-order valence-corrected chi connectivity index (χ3v) is 6.04. The molecule has 1 aliphatic heterocycles. The zero-order valence-electron chi connectivity index (χ0n) is 18.0. The van der Waals surface area contributed by atoms with E-state index >= 15 is 0 Å². The van der Waals surface area contributed by atoms with Crippen LogP contribution in [0.4, 0.5) is 11.5 Å². The van der Waals surface area contributed by atoms with Gasteiger partial charge in [0, 0.05) is 49.6 Å². The Morgan fingerprint density at radius 3 is 2.74 bits per heavy atom. The Bertz CT molecular complexity index is 848. The Hall–Kier alpha value is -2.69. The molecule has 1 saturated heterocycles. The number of hydrogen-bond donors (Lipinski definition) is 3. The second-order valence-electron chi connectivity index (χ2n) is 7.23. The van der Waals surface area contributed by atoms with Crippen LogP contribution in [0.5, 0.6) is 5.75 Å². The number of hydrazine groups is 1. The molecule has 10 heteroatoms. The van der Waals surface area contributed by atoms with Crippen molar-refractivity contribution in [3.8, 4) is 5.75 Å². The Morgan fingerprint density at radius 1 is 1.19 bits per heavy atom. The number of pyridine rings is 1. The van der Waals surface area contributed by atoms with E-state index in [1.54, 1.807) is 18.3 Å². The maximum Gasteiger partial charge on any atom is 0.152 e. The molecule has 168 valence electrons. The third kappa shape index (κ3) is 7.20. The van der Waals surface area contributed by atoms with Crippen LogP contribution in [0.15, 0.2) is 47.7 Å². The summed E-state index contributed by atoms with van der Waals surface area (Å²) in [5, 5.41) is 5.41. The number of nitrogens with zero attached hydrogens (tertiary/aromatic N) is 5. The van der Waals surface area contributed by atoms with Crippen LogP contribution in [0.3, 0.4) is 0 Å². The zero-order valence-corrected chi connectivity index (χ0v) is 18.8. The average Bonchev–Trinajstić information content (AvgIpc) is 3.25. The summed E-state index contributed by atoms with van der Waals surface area (Å²) in [6.07, 6.45) is 5.04. The number of amidine groups is 1. The maximum absolute atomic E-state index is 5.95. The highest BCUT2D eigenvalue weighted by molar-refractivity contribution is 7.98.